The van der Waals surface area contributed by atoms with E-state index in [-0.39, 0.29) is 5.91 Å². The molecular weight excluding hydrogens is 338 g/mol. The van der Waals surface area contributed by atoms with Crippen LogP contribution < -0.4 is 5.32 Å². The fourth-order valence-electron chi connectivity index (χ4n) is 1.98. The first-order valence-corrected chi connectivity index (χ1v) is 9.86. The van der Waals surface area contributed by atoms with Crippen LogP contribution in [0, 0.1) is 0 Å². The quantitative estimate of drug-likeness (QED) is 0.820. The number of hydrogen-bond acceptors (Lipinski definition) is 3. The van der Waals surface area contributed by atoms with Crippen molar-refractivity contribution in [3.63, 3.8) is 0 Å². The summed E-state index contributed by atoms with van der Waals surface area (Å²) < 4.78 is 11.3. The molecule has 0 heterocycles. The van der Waals surface area contributed by atoms with Gasteiger partial charge in [-0.2, -0.15) is 0 Å². The third-order valence-corrected chi connectivity index (χ3v) is 4.77. The normalized spacial score (nSPS) is 12.0. The minimum atomic E-state index is -0.918. The van der Waals surface area contributed by atoms with Gasteiger partial charge in [0, 0.05) is 33.4 Å². The fraction of sp³-hybridized carbons (Fsp3) is 0.188. The highest BCUT2D eigenvalue weighted by Crippen LogP contribution is 2.24. The van der Waals surface area contributed by atoms with E-state index in [0.29, 0.717) is 22.0 Å². The van der Waals surface area contributed by atoms with Crippen molar-refractivity contribution in [3.8, 4) is 0 Å². The van der Waals surface area contributed by atoms with Gasteiger partial charge in [0.15, 0.2) is 0 Å². The minimum Gasteiger partial charge on any atom is -0.322 e. The maximum absolute atomic E-state index is 12.4. The summed E-state index contributed by atoms with van der Waals surface area (Å²) >= 11 is 7.66. The Kier molecular flexibility index (Phi) is 6.06. The van der Waals surface area contributed by atoms with Crippen LogP contribution in [0.1, 0.15) is 15.9 Å². The van der Waals surface area contributed by atoms with Crippen LogP contribution in [0.2, 0.25) is 5.02 Å². The van der Waals surface area contributed by atoms with Crippen molar-refractivity contribution in [2.45, 2.75) is 10.6 Å². The number of hydrogen-bond donors (Lipinski definition) is 1. The molecule has 2 rings (SSSR count). The summed E-state index contributed by atoms with van der Waals surface area (Å²) in [6.45, 7) is 0. The maximum atomic E-state index is 12.4. The molecule has 1 amide bonds. The lowest BCUT2D eigenvalue weighted by Gasteiger charge is -2.09. The first-order valence-electron chi connectivity index (χ1n) is 6.53. The summed E-state index contributed by atoms with van der Waals surface area (Å²) in [6, 6.07) is 12.7. The third-order valence-electron chi connectivity index (χ3n) is 2.97. The summed E-state index contributed by atoms with van der Waals surface area (Å²) in [5, 5.41) is 3.25. The molecule has 0 bridgehead atoms. The van der Waals surface area contributed by atoms with Crippen LogP contribution in [0.15, 0.2) is 47.4 Å². The van der Waals surface area contributed by atoms with Crippen LogP contribution in [-0.4, -0.2) is 22.6 Å². The van der Waals surface area contributed by atoms with E-state index in [1.54, 1.807) is 36.2 Å². The average Bonchev–Trinajstić information content (AvgIpc) is 2.47. The van der Waals surface area contributed by atoms with Crippen LogP contribution >= 0.6 is 23.4 Å². The number of nitrogens with one attached hydrogen (secondary N) is 1. The lowest BCUT2D eigenvalue weighted by molar-refractivity contribution is 0.102. The number of thioether (sulfide) groups is 1. The number of rotatable bonds is 5. The largest absolute Gasteiger partial charge is 0.322 e. The Morgan fingerprint density at radius 2 is 2.05 bits per heavy atom. The molecule has 0 aromatic heterocycles. The molecule has 1 N–H and O–H groups in total. The zero-order valence-electron chi connectivity index (χ0n) is 12.3. The summed E-state index contributed by atoms with van der Waals surface area (Å²) in [5.74, 6) is 0.211. The van der Waals surface area contributed by atoms with Gasteiger partial charge in [0.1, 0.15) is 0 Å². The van der Waals surface area contributed by atoms with Crippen LogP contribution in [0.3, 0.4) is 0 Å². The van der Waals surface area contributed by atoms with Crippen LogP contribution in [0.25, 0.3) is 0 Å². The molecule has 3 nitrogen and oxygen atoms in total. The monoisotopic (exact) mass is 353 g/mol. The van der Waals surface area contributed by atoms with Gasteiger partial charge in [-0.1, -0.05) is 23.7 Å². The molecule has 116 valence electrons. The predicted octanol–water partition coefficient (Wildman–Crippen LogP) is 4.19. The van der Waals surface area contributed by atoms with Gasteiger partial charge < -0.3 is 5.32 Å². The smallest absolute Gasteiger partial charge is 0.257 e. The summed E-state index contributed by atoms with van der Waals surface area (Å²) in [4.78, 5) is 13.3. The summed E-state index contributed by atoms with van der Waals surface area (Å²) in [6.07, 6.45) is 3.60. The molecule has 0 aliphatic heterocycles. The molecule has 0 saturated heterocycles. The van der Waals surface area contributed by atoms with Crippen LogP contribution in [0.4, 0.5) is 5.69 Å². The molecule has 6 heteroatoms. The standard InChI is InChI=1S/C16H16ClNO2S2/c1-21-13-6-7-15(17)14(9-13)16(19)18-12-5-3-4-11(8-12)10-22(2)20/h3-9H,10H2,1-2H3,(H,18,19). The number of carbonyl (C=O) groups is 1. The average molecular weight is 354 g/mol. The van der Waals surface area contributed by atoms with Crippen molar-refractivity contribution in [2.24, 2.45) is 0 Å². The second kappa shape index (κ2) is 7.81. The van der Waals surface area contributed by atoms with Crippen molar-refractivity contribution >= 4 is 45.8 Å². The van der Waals surface area contributed by atoms with E-state index in [2.05, 4.69) is 5.32 Å². The molecule has 0 aliphatic rings. The Bertz CT molecular complexity index is 719. The van der Waals surface area contributed by atoms with E-state index in [1.807, 2.05) is 30.5 Å². The zero-order chi connectivity index (χ0) is 16.1. The number of carbonyl (C=O) groups excluding carboxylic acids is 1. The number of anilines is 1. The Balaban J connectivity index is 2.20. The van der Waals surface area contributed by atoms with Gasteiger partial charge in [-0.3, -0.25) is 9.00 Å². The van der Waals surface area contributed by atoms with Crippen molar-refractivity contribution in [1.29, 1.82) is 0 Å². The highest BCUT2D eigenvalue weighted by Gasteiger charge is 2.12. The Morgan fingerprint density at radius 3 is 2.73 bits per heavy atom. The molecule has 0 saturated carbocycles. The summed E-state index contributed by atoms with van der Waals surface area (Å²) in [5.41, 5.74) is 2.03. The minimum absolute atomic E-state index is 0.254. The first kappa shape index (κ1) is 17.1. The number of amides is 1. The molecule has 1 unspecified atom stereocenters. The molecule has 0 spiro atoms. The Morgan fingerprint density at radius 1 is 1.27 bits per heavy atom. The second-order valence-corrected chi connectivity index (χ2v) is 7.44. The lowest BCUT2D eigenvalue weighted by Crippen LogP contribution is -2.12. The maximum Gasteiger partial charge on any atom is 0.257 e. The Hall–Kier alpha value is -1.30. The van der Waals surface area contributed by atoms with E-state index in [9.17, 15) is 9.00 Å². The topological polar surface area (TPSA) is 46.2 Å². The molecule has 2 aromatic rings. The van der Waals surface area contributed by atoms with Crippen molar-refractivity contribution in [1.82, 2.24) is 0 Å². The fourth-order valence-corrected chi connectivity index (χ4v) is 3.27. The van der Waals surface area contributed by atoms with Crippen molar-refractivity contribution in [3.05, 3.63) is 58.6 Å². The van der Waals surface area contributed by atoms with Gasteiger partial charge in [0.25, 0.3) is 5.91 Å². The van der Waals surface area contributed by atoms with E-state index >= 15 is 0 Å². The van der Waals surface area contributed by atoms with E-state index < -0.39 is 10.8 Å². The van der Waals surface area contributed by atoms with E-state index in [4.69, 9.17) is 11.6 Å². The molecule has 0 radical (unpaired) electrons. The third kappa shape index (κ3) is 4.60. The van der Waals surface area contributed by atoms with Gasteiger partial charge in [-0.05, 0) is 42.2 Å². The first-order chi connectivity index (χ1) is 10.5. The van der Waals surface area contributed by atoms with Crippen molar-refractivity contribution < 1.29 is 9.00 Å². The van der Waals surface area contributed by atoms with Crippen molar-refractivity contribution in [2.75, 3.05) is 17.8 Å². The Labute approximate surface area is 141 Å². The highest BCUT2D eigenvalue weighted by atomic mass is 35.5. The van der Waals surface area contributed by atoms with Crippen LogP contribution in [0.5, 0.6) is 0 Å². The van der Waals surface area contributed by atoms with Gasteiger partial charge in [0.05, 0.1) is 10.6 Å². The predicted molar refractivity (Wildman–Crippen MR) is 95.4 cm³/mol. The van der Waals surface area contributed by atoms with E-state index in [0.717, 1.165) is 10.5 Å². The molecule has 0 fully saturated rings. The van der Waals surface area contributed by atoms with Gasteiger partial charge in [-0.15, -0.1) is 11.8 Å². The molecule has 22 heavy (non-hydrogen) atoms. The van der Waals surface area contributed by atoms with Gasteiger partial charge in [0.2, 0.25) is 0 Å². The van der Waals surface area contributed by atoms with Crippen LogP contribution in [-0.2, 0) is 16.6 Å². The van der Waals surface area contributed by atoms with E-state index in [1.165, 1.54) is 0 Å². The number of halogens is 1. The molecule has 2 aromatic carbocycles. The SMILES string of the molecule is CSc1ccc(Cl)c(C(=O)Nc2cccc(CS(C)=O)c2)c1. The van der Waals surface area contributed by atoms with Gasteiger partial charge >= 0.3 is 0 Å². The summed E-state index contributed by atoms with van der Waals surface area (Å²) in [7, 11) is -0.918. The highest BCUT2D eigenvalue weighted by molar-refractivity contribution is 7.98. The lowest BCUT2D eigenvalue weighted by atomic mass is 10.2. The number of benzene rings is 2. The molecular formula is C16H16ClNO2S2. The van der Waals surface area contributed by atoms with Gasteiger partial charge in [-0.25, -0.2) is 0 Å². The molecule has 0 aliphatic carbocycles. The molecule has 1 atom stereocenters. The zero-order valence-corrected chi connectivity index (χ0v) is 14.6. The second-order valence-electron chi connectivity index (χ2n) is 4.72.